The van der Waals surface area contributed by atoms with Crippen molar-refractivity contribution in [1.29, 1.82) is 0 Å². The van der Waals surface area contributed by atoms with Gasteiger partial charge in [-0.2, -0.15) is 4.31 Å². The molecule has 9 atom stereocenters. The van der Waals surface area contributed by atoms with Gasteiger partial charge in [-0.25, -0.2) is 18.7 Å². The van der Waals surface area contributed by atoms with Crippen LogP contribution in [0.2, 0.25) is 0 Å². The number of fused-ring (bicyclic) bond motifs is 7. The number of rotatable bonds is 0. The highest BCUT2D eigenvalue weighted by Gasteiger charge is 2.47. The Balaban J connectivity index is 1.60. The van der Waals surface area contributed by atoms with Gasteiger partial charge in [0.1, 0.15) is 42.9 Å². The number of hydrogen-bond donors (Lipinski definition) is 7. The van der Waals surface area contributed by atoms with Crippen LogP contribution in [0.1, 0.15) is 12.3 Å². The molecule has 1 fully saturated rings. The molecule has 2 aromatic heterocycles. The number of aliphatic hydroxyl groups is 4. The van der Waals surface area contributed by atoms with E-state index in [0.29, 0.717) is 0 Å². The zero-order chi connectivity index (χ0) is 25.3. The van der Waals surface area contributed by atoms with Crippen LogP contribution >= 0.6 is 15.6 Å². The molecule has 4 aliphatic rings. The van der Waals surface area contributed by atoms with E-state index in [1.807, 2.05) is 0 Å². The number of phosphoric ester groups is 2. The molecule has 2 unspecified atom stereocenters. The molecule has 0 aromatic carbocycles. The average molecular weight is 538 g/mol. The van der Waals surface area contributed by atoms with Crippen molar-refractivity contribution in [2.45, 2.75) is 42.8 Å². The summed E-state index contributed by atoms with van der Waals surface area (Å²) in [6.07, 6.45) is -4.96. The molecule has 19 heteroatoms. The molecule has 6 rings (SSSR count). The fraction of sp³-hybridized carbons (Fsp3) is 0.562. The monoisotopic (exact) mass is 538 g/mol. The second-order valence-electron chi connectivity index (χ2n) is 8.16. The van der Waals surface area contributed by atoms with Crippen molar-refractivity contribution in [2.24, 2.45) is 0 Å². The second-order valence-corrected chi connectivity index (χ2v) is 11.2. The maximum Gasteiger partial charge on any atom is 0.481 e. The predicted molar refractivity (Wildman–Crippen MR) is 110 cm³/mol. The summed E-state index contributed by atoms with van der Waals surface area (Å²) in [5, 5.41) is 41.8. The fourth-order valence-corrected chi connectivity index (χ4v) is 6.26. The van der Waals surface area contributed by atoms with Gasteiger partial charge in [0.2, 0.25) is 12.0 Å². The third kappa shape index (κ3) is 4.33. The number of nitrogens with zero attached hydrogens (tertiary/aromatic N) is 4. The van der Waals surface area contributed by atoms with Gasteiger partial charge in [-0.05, 0) is 11.6 Å². The smallest absolute Gasteiger partial charge is 0.387 e. The molecule has 2 aromatic rings. The molecule has 5 heterocycles. The molecule has 0 saturated carbocycles. The standard InChI is InChI=1S/C16H21N5O12P2/c17-14-9-15-19-5-20(14)7-1-6(10(22)11(7)23)2-30-34(26,27)33-35(28,29)31-3-8-12(24)13(25)16(32-8)21(15)4-18-9/h1,4-5,7-8,10-13,16-17,22-25H,2-3H2,(H2,26,27,28,29)/p+1/t7-,8-,10-,11+,12-,13-,16-/m1/s1. The van der Waals surface area contributed by atoms with Gasteiger partial charge in [0.15, 0.2) is 11.7 Å². The van der Waals surface area contributed by atoms with E-state index in [1.165, 1.54) is 27.9 Å². The molecular weight excluding hydrogens is 516 g/mol. The summed E-state index contributed by atoms with van der Waals surface area (Å²) in [4.78, 5) is 28.1. The molecule has 3 aliphatic heterocycles. The molecule has 8 N–H and O–H groups in total. The number of phosphoric acid groups is 2. The van der Waals surface area contributed by atoms with Crippen molar-refractivity contribution in [3.05, 3.63) is 24.3 Å². The first-order valence-electron chi connectivity index (χ1n) is 10.1. The van der Waals surface area contributed by atoms with Crippen molar-refractivity contribution in [2.75, 3.05) is 18.9 Å². The Hall–Kier alpha value is -1.85. The molecule has 0 amide bonds. The van der Waals surface area contributed by atoms with E-state index in [0.717, 1.165) is 0 Å². The Bertz CT molecular complexity index is 1290. The molecule has 0 spiro atoms. The normalized spacial score (nSPS) is 42.3. The number of nitrogen functional groups attached to an aromatic ring is 1. The van der Waals surface area contributed by atoms with Gasteiger partial charge in [0, 0.05) is 0 Å². The topological polar surface area (TPSA) is 253 Å². The molecule has 1 aliphatic carbocycles. The van der Waals surface area contributed by atoms with Crippen molar-refractivity contribution in [3.63, 3.8) is 0 Å². The lowest BCUT2D eigenvalue weighted by Gasteiger charge is -2.20. The third-order valence-corrected chi connectivity index (χ3v) is 8.55. The molecular formula is C16H22N5O12P2+. The van der Waals surface area contributed by atoms with Crippen molar-refractivity contribution in [1.82, 2.24) is 14.5 Å². The predicted octanol–water partition coefficient (Wildman–Crippen LogP) is -2.61. The maximum absolute atomic E-state index is 12.2. The SMILES string of the molecule is Nc1c2ncn3c2nc[n+]1[C@@H]1C=C(COP(=O)(O)OP(=O)(O)OC[C@H]2O[C@@H]3[C@H](O)[C@@H]2O)[C@@H](O)[C@H]1O. The quantitative estimate of drug-likeness (QED) is 0.103. The Morgan fingerprint density at radius 3 is 2.51 bits per heavy atom. The van der Waals surface area contributed by atoms with Crippen molar-refractivity contribution < 1.29 is 62.0 Å². The summed E-state index contributed by atoms with van der Waals surface area (Å²) in [5.74, 6) is 0.0230. The van der Waals surface area contributed by atoms with Gasteiger partial charge in [-0.1, -0.05) is 4.98 Å². The van der Waals surface area contributed by atoms with Gasteiger partial charge in [0.25, 0.3) is 5.82 Å². The second kappa shape index (κ2) is 8.62. The largest absolute Gasteiger partial charge is 0.481 e. The molecule has 35 heavy (non-hydrogen) atoms. The van der Waals surface area contributed by atoms with Crippen LogP contribution in [0.15, 0.2) is 24.3 Å². The first-order valence-corrected chi connectivity index (χ1v) is 13.1. The van der Waals surface area contributed by atoms with Gasteiger partial charge >= 0.3 is 15.6 Å². The summed E-state index contributed by atoms with van der Waals surface area (Å²) in [5.41, 5.74) is 6.50. The minimum absolute atomic E-state index is 0.0230. The molecule has 8 bridgehead atoms. The zero-order valence-corrected chi connectivity index (χ0v) is 19.4. The van der Waals surface area contributed by atoms with Crippen LogP contribution in [-0.4, -0.2) is 88.5 Å². The lowest BCUT2D eigenvalue weighted by molar-refractivity contribution is -0.707. The fourth-order valence-electron chi connectivity index (χ4n) is 4.19. The van der Waals surface area contributed by atoms with Gasteiger partial charge < -0.3 is 40.7 Å². The summed E-state index contributed by atoms with van der Waals surface area (Å²) in [6.45, 7) is -1.58. The van der Waals surface area contributed by atoms with E-state index in [9.17, 15) is 39.3 Å². The van der Waals surface area contributed by atoms with E-state index in [4.69, 9.17) is 15.0 Å². The first-order chi connectivity index (χ1) is 16.4. The highest BCUT2D eigenvalue weighted by Crippen LogP contribution is 2.60. The lowest BCUT2D eigenvalue weighted by atomic mass is 10.1. The molecule has 17 nitrogen and oxygen atoms in total. The van der Waals surface area contributed by atoms with E-state index in [1.54, 1.807) is 0 Å². The van der Waals surface area contributed by atoms with E-state index in [-0.39, 0.29) is 22.6 Å². The summed E-state index contributed by atoms with van der Waals surface area (Å²) in [6, 6.07) is -0.990. The Labute approximate surface area is 195 Å². The number of ether oxygens (including phenoxy) is 1. The van der Waals surface area contributed by atoms with Crippen LogP contribution in [0.5, 0.6) is 0 Å². The van der Waals surface area contributed by atoms with Gasteiger partial charge in [-0.15, -0.1) is 0 Å². The first kappa shape index (κ1) is 24.8. The average Bonchev–Trinajstić information content (AvgIpc) is 3.41. The van der Waals surface area contributed by atoms with Crippen LogP contribution in [0.3, 0.4) is 0 Å². The van der Waals surface area contributed by atoms with Crippen LogP contribution in [0.25, 0.3) is 11.2 Å². The number of aliphatic hydroxyl groups excluding tert-OH is 4. The maximum atomic E-state index is 12.2. The summed E-state index contributed by atoms with van der Waals surface area (Å²) < 4.78 is 46.1. The van der Waals surface area contributed by atoms with E-state index >= 15 is 0 Å². The highest BCUT2D eigenvalue weighted by atomic mass is 31.3. The number of hydrogen-bond acceptors (Lipinski definition) is 13. The minimum atomic E-state index is -5.22. The van der Waals surface area contributed by atoms with Crippen LogP contribution < -0.4 is 10.3 Å². The van der Waals surface area contributed by atoms with Gasteiger partial charge in [0.05, 0.1) is 13.2 Å². The molecule has 0 radical (unpaired) electrons. The molecule has 192 valence electrons. The zero-order valence-electron chi connectivity index (χ0n) is 17.6. The lowest BCUT2D eigenvalue weighted by Crippen LogP contribution is -2.48. The van der Waals surface area contributed by atoms with Crippen LogP contribution in [0, 0.1) is 0 Å². The van der Waals surface area contributed by atoms with Gasteiger partial charge in [-0.3, -0.25) is 13.6 Å². The Morgan fingerprint density at radius 2 is 1.77 bits per heavy atom. The minimum Gasteiger partial charge on any atom is -0.387 e. The number of anilines is 1. The van der Waals surface area contributed by atoms with Crippen LogP contribution in [0.4, 0.5) is 5.82 Å². The number of nitrogens with two attached hydrogens (primary N) is 1. The highest BCUT2D eigenvalue weighted by molar-refractivity contribution is 7.61. The van der Waals surface area contributed by atoms with E-state index in [2.05, 4.69) is 18.8 Å². The number of aromatic nitrogens is 4. The molecule has 1 saturated heterocycles. The van der Waals surface area contributed by atoms with Crippen LogP contribution in [-0.2, 0) is 27.2 Å². The van der Waals surface area contributed by atoms with Crippen molar-refractivity contribution in [3.8, 4) is 0 Å². The summed E-state index contributed by atoms with van der Waals surface area (Å²) >= 11 is 0. The third-order valence-electron chi connectivity index (χ3n) is 5.97. The Morgan fingerprint density at radius 1 is 1.06 bits per heavy atom. The van der Waals surface area contributed by atoms with Crippen molar-refractivity contribution >= 4 is 32.6 Å². The summed E-state index contributed by atoms with van der Waals surface area (Å²) in [7, 11) is -10.4. The number of imidazole rings is 1. The Kier molecular flexibility index (Phi) is 6.12. The van der Waals surface area contributed by atoms with E-state index < -0.39 is 71.6 Å².